The number of sulfone groups is 1. The molecular formula is C25H27N3O4S. The smallest absolute Gasteiger partial charge is 0.271 e. The molecule has 0 bridgehead atoms. The maximum Gasteiger partial charge on any atom is 0.271 e. The van der Waals surface area contributed by atoms with E-state index in [9.17, 15) is 13.2 Å². The van der Waals surface area contributed by atoms with Crippen LogP contribution in [0.5, 0.6) is 0 Å². The predicted octanol–water partition coefficient (Wildman–Crippen LogP) is 4.44. The summed E-state index contributed by atoms with van der Waals surface area (Å²) in [6.45, 7) is 6.75. The zero-order valence-corrected chi connectivity index (χ0v) is 19.9. The summed E-state index contributed by atoms with van der Waals surface area (Å²) >= 11 is 0. The monoisotopic (exact) mass is 465 g/mol. The molecule has 0 fully saturated rings. The molecule has 4 rings (SSSR count). The molecule has 1 amide bonds. The minimum Gasteiger partial charge on any atom is -0.456 e. The SMILES string of the molecule is Cc1cc(C(=O)NCC(C)C)nn1Cc1cc(S(C)(=O)=O)cc2cc(-c3ccccc3)oc12. The summed E-state index contributed by atoms with van der Waals surface area (Å²) in [6, 6.07) is 16.5. The first kappa shape index (κ1) is 22.8. The number of aromatic nitrogens is 2. The Morgan fingerprint density at radius 1 is 1.12 bits per heavy atom. The standard InChI is InChI=1S/C25H27N3O4S/c1-16(2)14-26-25(29)22-10-17(3)28(27-22)15-20-12-21(33(4,30)31)11-19-13-23(32-24(19)20)18-8-6-5-7-9-18/h5-13,16H,14-15H2,1-4H3,(H,26,29). The van der Waals surface area contributed by atoms with Crippen LogP contribution in [0.2, 0.25) is 0 Å². The highest BCUT2D eigenvalue weighted by Crippen LogP contribution is 2.32. The Balaban J connectivity index is 1.75. The van der Waals surface area contributed by atoms with Gasteiger partial charge in [-0.2, -0.15) is 5.10 Å². The molecule has 0 aliphatic carbocycles. The van der Waals surface area contributed by atoms with Crippen LogP contribution in [0.25, 0.3) is 22.3 Å². The maximum atomic E-state index is 12.4. The number of hydrogen-bond acceptors (Lipinski definition) is 5. The molecule has 0 radical (unpaired) electrons. The normalized spacial score (nSPS) is 11.9. The summed E-state index contributed by atoms with van der Waals surface area (Å²) in [6.07, 6.45) is 1.19. The number of furan rings is 1. The van der Waals surface area contributed by atoms with Crippen molar-refractivity contribution in [2.75, 3.05) is 12.8 Å². The van der Waals surface area contributed by atoms with Gasteiger partial charge in [-0.25, -0.2) is 8.42 Å². The van der Waals surface area contributed by atoms with Gasteiger partial charge in [0, 0.05) is 35.0 Å². The topological polar surface area (TPSA) is 94.2 Å². The Bertz CT molecular complexity index is 1420. The molecule has 7 nitrogen and oxygen atoms in total. The van der Waals surface area contributed by atoms with Crippen molar-refractivity contribution in [1.29, 1.82) is 0 Å². The average Bonchev–Trinajstić information content (AvgIpc) is 3.36. The molecule has 0 atom stereocenters. The molecule has 1 N–H and O–H groups in total. The molecule has 33 heavy (non-hydrogen) atoms. The molecule has 0 spiro atoms. The molecule has 0 saturated heterocycles. The fourth-order valence-electron chi connectivity index (χ4n) is 3.60. The number of rotatable bonds is 7. The van der Waals surface area contributed by atoms with Gasteiger partial charge in [0.15, 0.2) is 9.84 Å². The Morgan fingerprint density at radius 2 is 1.85 bits per heavy atom. The van der Waals surface area contributed by atoms with E-state index in [4.69, 9.17) is 4.42 Å². The van der Waals surface area contributed by atoms with Crippen LogP contribution >= 0.6 is 0 Å². The van der Waals surface area contributed by atoms with Crippen molar-refractivity contribution >= 4 is 26.7 Å². The number of carbonyl (C=O) groups excluding carboxylic acids is 1. The fraction of sp³-hybridized carbons (Fsp3) is 0.280. The molecular weight excluding hydrogens is 438 g/mol. The van der Waals surface area contributed by atoms with E-state index in [-0.39, 0.29) is 17.3 Å². The van der Waals surface area contributed by atoms with Crippen LogP contribution in [0.3, 0.4) is 0 Å². The lowest BCUT2D eigenvalue weighted by Crippen LogP contribution is -2.27. The number of carbonyl (C=O) groups is 1. The van der Waals surface area contributed by atoms with Crippen molar-refractivity contribution in [2.45, 2.75) is 32.2 Å². The van der Waals surface area contributed by atoms with E-state index in [1.165, 1.54) is 6.26 Å². The minimum atomic E-state index is -3.43. The van der Waals surface area contributed by atoms with E-state index in [2.05, 4.69) is 10.4 Å². The third kappa shape index (κ3) is 5.01. The zero-order valence-electron chi connectivity index (χ0n) is 19.1. The number of nitrogens with one attached hydrogen (secondary N) is 1. The van der Waals surface area contributed by atoms with Crippen LogP contribution in [0.15, 0.2) is 63.9 Å². The van der Waals surface area contributed by atoms with Crippen LogP contribution in [0.4, 0.5) is 0 Å². The third-order valence-electron chi connectivity index (χ3n) is 5.36. The molecule has 4 aromatic rings. The van der Waals surface area contributed by atoms with E-state index in [1.54, 1.807) is 22.9 Å². The van der Waals surface area contributed by atoms with Gasteiger partial charge in [-0.3, -0.25) is 9.48 Å². The van der Waals surface area contributed by atoms with Gasteiger partial charge >= 0.3 is 0 Å². The van der Waals surface area contributed by atoms with Crippen molar-refractivity contribution < 1.29 is 17.6 Å². The van der Waals surface area contributed by atoms with Crippen molar-refractivity contribution in [3.8, 4) is 11.3 Å². The van der Waals surface area contributed by atoms with E-state index in [0.29, 0.717) is 40.4 Å². The second kappa shape index (κ2) is 8.86. The highest BCUT2D eigenvalue weighted by atomic mass is 32.2. The largest absolute Gasteiger partial charge is 0.456 e. The van der Waals surface area contributed by atoms with E-state index < -0.39 is 9.84 Å². The molecule has 0 saturated carbocycles. The second-order valence-electron chi connectivity index (χ2n) is 8.68. The average molecular weight is 466 g/mol. The first-order valence-corrected chi connectivity index (χ1v) is 12.7. The summed E-state index contributed by atoms with van der Waals surface area (Å²) in [5, 5.41) is 8.03. The lowest BCUT2D eigenvalue weighted by Gasteiger charge is -2.08. The fourth-order valence-corrected chi connectivity index (χ4v) is 4.30. The van der Waals surface area contributed by atoms with Gasteiger partial charge in [0.2, 0.25) is 0 Å². The van der Waals surface area contributed by atoms with Gasteiger partial charge in [-0.15, -0.1) is 0 Å². The summed E-state index contributed by atoms with van der Waals surface area (Å²) < 4.78 is 32.5. The second-order valence-corrected chi connectivity index (χ2v) is 10.7. The number of fused-ring (bicyclic) bond motifs is 1. The molecule has 0 unspecified atom stereocenters. The molecule has 8 heteroatoms. The van der Waals surface area contributed by atoms with Gasteiger partial charge in [-0.1, -0.05) is 44.2 Å². The summed E-state index contributed by atoms with van der Waals surface area (Å²) in [7, 11) is -3.43. The van der Waals surface area contributed by atoms with Crippen LogP contribution < -0.4 is 5.32 Å². The first-order chi connectivity index (χ1) is 15.6. The van der Waals surface area contributed by atoms with Gasteiger partial charge in [0.1, 0.15) is 17.0 Å². The number of hydrogen-bond donors (Lipinski definition) is 1. The molecule has 2 aromatic heterocycles. The van der Waals surface area contributed by atoms with Crippen LogP contribution in [-0.2, 0) is 16.4 Å². The maximum absolute atomic E-state index is 12.4. The van der Waals surface area contributed by atoms with Gasteiger partial charge in [0.25, 0.3) is 5.91 Å². The third-order valence-corrected chi connectivity index (χ3v) is 6.45. The number of nitrogens with zero attached hydrogens (tertiary/aromatic N) is 2. The lowest BCUT2D eigenvalue weighted by atomic mass is 10.1. The summed E-state index contributed by atoms with van der Waals surface area (Å²) in [5.74, 6) is 0.760. The first-order valence-electron chi connectivity index (χ1n) is 10.8. The number of aryl methyl sites for hydroxylation is 1. The molecule has 0 aliphatic rings. The molecule has 0 aliphatic heterocycles. The van der Waals surface area contributed by atoms with E-state index in [0.717, 1.165) is 11.3 Å². The van der Waals surface area contributed by atoms with Crippen LogP contribution in [-0.4, -0.2) is 36.9 Å². The van der Waals surface area contributed by atoms with Crippen LogP contribution in [0.1, 0.15) is 35.6 Å². The molecule has 172 valence electrons. The Morgan fingerprint density at radius 3 is 2.52 bits per heavy atom. The Hall–Kier alpha value is -3.39. The zero-order chi connectivity index (χ0) is 23.8. The lowest BCUT2D eigenvalue weighted by molar-refractivity contribution is 0.0943. The minimum absolute atomic E-state index is 0.213. The van der Waals surface area contributed by atoms with E-state index >= 15 is 0 Å². The van der Waals surface area contributed by atoms with E-state index in [1.807, 2.05) is 57.2 Å². The van der Waals surface area contributed by atoms with Gasteiger partial charge in [-0.05, 0) is 37.1 Å². The van der Waals surface area contributed by atoms with Gasteiger partial charge < -0.3 is 9.73 Å². The van der Waals surface area contributed by atoms with Crippen molar-refractivity contribution in [2.24, 2.45) is 5.92 Å². The Kier molecular flexibility index (Phi) is 6.12. The van der Waals surface area contributed by atoms with Crippen molar-refractivity contribution in [3.05, 3.63) is 71.5 Å². The molecule has 2 heterocycles. The number of benzene rings is 2. The Labute approximate surface area is 193 Å². The van der Waals surface area contributed by atoms with Gasteiger partial charge in [0.05, 0.1) is 11.4 Å². The van der Waals surface area contributed by atoms with Crippen molar-refractivity contribution in [3.63, 3.8) is 0 Å². The number of amides is 1. The quantitative estimate of drug-likeness (QED) is 0.435. The van der Waals surface area contributed by atoms with Crippen molar-refractivity contribution in [1.82, 2.24) is 15.1 Å². The predicted molar refractivity (Wildman–Crippen MR) is 128 cm³/mol. The highest BCUT2D eigenvalue weighted by Gasteiger charge is 2.19. The summed E-state index contributed by atoms with van der Waals surface area (Å²) in [5.41, 5.74) is 3.29. The molecule has 2 aromatic carbocycles. The van der Waals surface area contributed by atoms with Crippen LogP contribution in [0, 0.1) is 12.8 Å². The summed E-state index contributed by atoms with van der Waals surface area (Å²) in [4.78, 5) is 12.7. The highest BCUT2D eigenvalue weighted by molar-refractivity contribution is 7.90.